The number of hydrogen-bond donors (Lipinski definition) is 1. The predicted molar refractivity (Wildman–Crippen MR) is 126 cm³/mol. The molecule has 1 aliphatic rings. The zero-order valence-electron chi connectivity index (χ0n) is 19.8. The lowest BCUT2D eigenvalue weighted by atomic mass is 10.1. The van der Waals surface area contributed by atoms with Gasteiger partial charge in [-0.25, -0.2) is 0 Å². The van der Waals surface area contributed by atoms with Crippen LogP contribution in [0.15, 0.2) is 24.3 Å². The summed E-state index contributed by atoms with van der Waals surface area (Å²) in [6, 6.07) is 8.32. The van der Waals surface area contributed by atoms with Crippen molar-refractivity contribution in [3.8, 4) is 0 Å². The van der Waals surface area contributed by atoms with Gasteiger partial charge >= 0.3 is 0 Å². The molecule has 2 aromatic rings. The molecule has 1 aliphatic heterocycles. The molecule has 0 spiro atoms. The molecule has 0 aliphatic carbocycles. The average molecular weight is 425 g/mol. The van der Waals surface area contributed by atoms with Crippen LogP contribution in [0.4, 0.5) is 5.69 Å². The number of anilines is 1. The highest BCUT2D eigenvalue weighted by Crippen LogP contribution is 2.21. The first-order valence-electron chi connectivity index (χ1n) is 11.2. The number of aryl methyl sites for hydroxylation is 2. The largest absolute Gasteiger partial charge is 0.346 e. The Labute approximate surface area is 186 Å². The molecule has 1 N–H and O–H groups in total. The highest BCUT2D eigenvalue weighted by molar-refractivity contribution is 5.99. The Morgan fingerprint density at radius 2 is 1.58 bits per heavy atom. The maximum Gasteiger partial charge on any atom is 0.238 e. The molecule has 1 aromatic carbocycles. The summed E-state index contributed by atoms with van der Waals surface area (Å²) in [6.45, 7) is 16.4. The van der Waals surface area contributed by atoms with Crippen molar-refractivity contribution in [3.05, 3.63) is 52.3 Å². The molecule has 0 saturated carbocycles. The Kier molecular flexibility index (Phi) is 7.34. The fraction of sp³-hybridized carbons (Fsp3) is 0.520. The van der Waals surface area contributed by atoms with E-state index in [2.05, 4.69) is 40.5 Å². The van der Waals surface area contributed by atoms with Crippen LogP contribution in [0.25, 0.3) is 0 Å². The minimum Gasteiger partial charge on any atom is -0.346 e. The quantitative estimate of drug-likeness (QED) is 0.688. The number of nitrogens with one attached hydrogen (secondary N) is 1. The van der Waals surface area contributed by atoms with Gasteiger partial charge in [0.15, 0.2) is 5.78 Å². The number of benzene rings is 1. The van der Waals surface area contributed by atoms with Crippen LogP contribution in [0.5, 0.6) is 0 Å². The van der Waals surface area contributed by atoms with Crippen LogP contribution >= 0.6 is 0 Å². The van der Waals surface area contributed by atoms with Crippen molar-refractivity contribution in [2.75, 3.05) is 44.6 Å². The molecule has 0 atom stereocenters. The van der Waals surface area contributed by atoms with Crippen molar-refractivity contribution < 1.29 is 9.59 Å². The van der Waals surface area contributed by atoms with E-state index in [-0.39, 0.29) is 11.7 Å². The lowest BCUT2D eigenvalue weighted by molar-refractivity contribution is -0.117. The molecule has 1 aromatic heterocycles. The monoisotopic (exact) mass is 424 g/mol. The van der Waals surface area contributed by atoms with Crippen molar-refractivity contribution in [3.63, 3.8) is 0 Å². The van der Waals surface area contributed by atoms with Crippen LogP contribution in [-0.2, 0) is 4.79 Å². The number of aromatic nitrogens is 1. The fourth-order valence-corrected chi connectivity index (χ4v) is 4.53. The van der Waals surface area contributed by atoms with E-state index < -0.39 is 0 Å². The lowest BCUT2D eigenvalue weighted by Gasteiger charge is -2.33. The SMILES string of the molecule is Cc1cccc(NC(=O)CN2CCN(CC(=O)c3cc(C)n(C(C)C)c3C)CC2)c1C. The number of carbonyl (C=O) groups is 2. The van der Waals surface area contributed by atoms with E-state index in [4.69, 9.17) is 0 Å². The molecule has 6 nitrogen and oxygen atoms in total. The second-order valence-corrected chi connectivity index (χ2v) is 9.02. The van der Waals surface area contributed by atoms with Gasteiger partial charge < -0.3 is 9.88 Å². The number of carbonyl (C=O) groups excluding carboxylic acids is 2. The van der Waals surface area contributed by atoms with Gasteiger partial charge in [0.1, 0.15) is 0 Å². The number of ketones is 1. The van der Waals surface area contributed by atoms with E-state index in [1.54, 1.807) is 0 Å². The summed E-state index contributed by atoms with van der Waals surface area (Å²) in [4.78, 5) is 29.8. The highest BCUT2D eigenvalue weighted by Gasteiger charge is 2.23. The molecule has 168 valence electrons. The molecule has 3 rings (SSSR count). The van der Waals surface area contributed by atoms with Crippen molar-refractivity contribution in [1.29, 1.82) is 0 Å². The first-order valence-corrected chi connectivity index (χ1v) is 11.2. The maximum atomic E-state index is 12.9. The topological polar surface area (TPSA) is 57.6 Å². The molecule has 2 heterocycles. The summed E-state index contributed by atoms with van der Waals surface area (Å²) < 4.78 is 2.22. The maximum absolute atomic E-state index is 12.9. The third-order valence-corrected chi connectivity index (χ3v) is 6.38. The van der Waals surface area contributed by atoms with Gasteiger partial charge in [-0.3, -0.25) is 19.4 Å². The Bertz CT molecular complexity index is 953. The van der Waals surface area contributed by atoms with E-state index in [0.29, 0.717) is 19.1 Å². The lowest BCUT2D eigenvalue weighted by Crippen LogP contribution is -2.49. The van der Waals surface area contributed by atoms with Crippen molar-refractivity contribution in [2.45, 2.75) is 47.6 Å². The van der Waals surface area contributed by atoms with Gasteiger partial charge in [-0.05, 0) is 64.8 Å². The molecule has 1 saturated heterocycles. The Morgan fingerprint density at radius 1 is 0.968 bits per heavy atom. The summed E-state index contributed by atoms with van der Waals surface area (Å²) >= 11 is 0. The van der Waals surface area contributed by atoms with Crippen molar-refractivity contribution in [1.82, 2.24) is 14.4 Å². The molecular weight excluding hydrogens is 388 g/mol. The molecule has 0 radical (unpaired) electrons. The summed E-state index contributed by atoms with van der Waals surface area (Å²) in [6.07, 6.45) is 0. The van der Waals surface area contributed by atoms with E-state index in [1.807, 2.05) is 45.0 Å². The number of Topliss-reactive ketones (excluding diaryl/α,β-unsaturated/α-hetero) is 1. The summed E-state index contributed by atoms with van der Waals surface area (Å²) in [5, 5.41) is 3.04. The number of amides is 1. The minimum atomic E-state index is 0.0133. The van der Waals surface area contributed by atoms with Gasteiger partial charge in [-0.2, -0.15) is 0 Å². The zero-order valence-corrected chi connectivity index (χ0v) is 19.8. The molecule has 0 unspecified atom stereocenters. The summed E-state index contributed by atoms with van der Waals surface area (Å²) in [5.41, 5.74) is 6.19. The minimum absolute atomic E-state index is 0.0133. The first-order chi connectivity index (χ1) is 14.7. The molecule has 31 heavy (non-hydrogen) atoms. The first kappa shape index (κ1) is 23.2. The summed E-state index contributed by atoms with van der Waals surface area (Å²) in [5.74, 6) is 0.195. The normalized spacial score (nSPS) is 15.5. The van der Waals surface area contributed by atoms with Crippen LogP contribution < -0.4 is 5.32 Å². The predicted octanol–water partition coefficient (Wildman–Crippen LogP) is 3.74. The van der Waals surface area contributed by atoms with Crippen molar-refractivity contribution >= 4 is 17.4 Å². The molecular formula is C25H36N4O2. The number of nitrogens with zero attached hydrogens (tertiary/aromatic N) is 3. The number of piperazine rings is 1. The van der Waals surface area contributed by atoms with Crippen LogP contribution in [0.2, 0.25) is 0 Å². The smallest absolute Gasteiger partial charge is 0.238 e. The van der Waals surface area contributed by atoms with Gasteiger partial charge in [0.05, 0.1) is 13.1 Å². The van der Waals surface area contributed by atoms with Gasteiger partial charge in [-0.1, -0.05) is 12.1 Å². The second-order valence-electron chi connectivity index (χ2n) is 9.02. The molecule has 0 bridgehead atoms. The van der Waals surface area contributed by atoms with Gasteiger partial charge in [0.25, 0.3) is 0 Å². The zero-order chi connectivity index (χ0) is 22.7. The summed E-state index contributed by atoms with van der Waals surface area (Å²) in [7, 11) is 0. The van der Waals surface area contributed by atoms with Gasteiger partial charge in [-0.15, -0.1) is 0 Å². The average Bonchev–Trinajstić information content (AvgIpc) is 3.01. The molecule has 1 fully saturated rings. The Morgan fingerprint density at radius 3 is 2.16 bits per heavy atom. The fourth-order valence-electron chi connectivity index (χ4n) is 4.53. The Balaban J connectivity index is 1.50. The molecule has 1 amide bonds. The number of hydrogen-bond acceptors (Lipinski definition) is 4. The van der Waals surface area contributed by atoms with E-state index in [9.17, 15) is 9.59 Å². The Hall–Kier alpha value is -2.44. The van der Waals surface area contributed by atoms with E-state index in [1.165, 1.54) is 5.56 Å². The number of rotatable bonds is 7. The van der Waals surface area contributed by atoms with Gasteiger partial charge in [0, 0.05) is 54.9 Å². The highest BCUT2D eigenvalue weighted by atomic mass is 16.2. The van der Waals surface area contributed by atoms with Crippen LogP contribution in [0.3, 0.4) is 0 Å². The van der Waals surface area contributed by atoms with E-state index >= 15 is 0 Å². The van der Waals surface area contributed by atoms with E-state index in [0.717, 1.165) is 54.4 Å². The molecule has 6 heteroatoms. The third-order valence-electron chi connectivity index (χ3n) is 6.38. The second kappa shape index (κ2) is 9.79. The van der Waals surface area contributed by atoms with Gasteiger partial charge in [0.2, 0.25) is 5.91 Å². The third kappa shape index (κ3) is 5.43. The van der Waals surface area contributed by atoms with Crippen molar-refractivity contribution in [2.24, 2.45) is 0 Å². The van der Waals surface area contributed by atoms with Crippen LogP contribution in [0, 0.1) is 27.7 Å². The van der Waals surface area contributed by atoms with Crippen LogP contribution in [0.1, 0.15) is 52.8 Å². The standard InChI is InChI=1S/C25H36N4O2/c1-17(2)29-19(4)14-22(21(29)6)24(30)15-27-10-12-28(13-11-27)16-25(31)26-23-9-7-8-18(3)20(23)5/h7-9,14,17H,10-13,15-16H2,1-6H3,(H,26,31). The van der Waals surface area contributed by atoms with Crippen LogP contribution in [-0.4, -0.2) is 65.3 Å².